The van der Waals surface area contributed by atoms with Crippen molar-refractivity contribution in [2.45, 2.75) is 20.0 Å². The predicted octanol–water partition coefficient (Wildman–Crippen LogP) is 2.62. The van der Waals surface area contributed by atoms with Crippen molar-refractivity contribution in [3.63, 3.8) is 0 Å². The van der Waals surface area contributed by atoms with Gasteiger partial charge < -0.3 is 10.4 Å². The van der Waals surface area contributed by atoms with Gasteiger partial charge in [0.05, 0.1) is 6.61 Å². The van der Waals surface area contributed by atoms with Crippen LogP contribution in [0.5, 0.6) is 0 Å². The molecule has 0 bridgehead atoms. The molecule has 0 unspecified atom stereocenters. The molecule has 2 rings (SSSR count). The Balaban J connectivity index is 1.90. The summed E-state index contributed by atoms with van der Waals surface area (Å²) in [5, 5.41) is 11.8. The molecule has 21 heavy (non-hydrogen) atoms. The number of aromatic nitrogens is 1. The van der Waals surface area contributed by atoms with Gasteiger partial charge in [0, 0.05) is 16.7 Å². The van der Waals surface area contributed by atoms with Gasteiger partial charge in [0.2, 0.25) is 0 Å². The average molecular weight is 349 g/mol. The maximum Gasteiger partial charge on any atom is 0.271 e. The zero-order chi connectivity index (χ0) is 15.2. The van der Waals surface area contributed by atoms with E-state index in [-0.39, 0.29) is 12.5 Å². The van der Waals surface area contributed by atoms with Crippen LogP contribution in [0.3, 0.4) is 0 Å². The number of nitrogens with zero attached hydrogens (tertiary/aromatic N) is 1. The minimum Gasteiger partial charge on any atom is -0.392 e. The molecule has 1 heterocycles. The molecule has 5 heteroatoms. The first-order valence-electron chi connectivity index (χ1n) is 6.70. The van der Waals surface area contributed by atoms with Crippen molar-refractivity contribution in [3.05, 3.63) is 63.4 Å². The Labute approximate surface area is 132 Å². The van der Waals surface area contributed by atoms with E-state index in [4.69, 9.17) is 5.11 Å². The van der Waals surface area contributed by atoms with E-state index in [2.05, 4.69) is 26.2 Å². The summed E-state index contributed by atoms with van der Waals surface area (Å²) in [6, 6.07) is 11.4. The standard InChI is InChI=1S/C16H17BrN2O2/c1-11-2-7-14(17)15(19-11)16(21)18-9-8-12-3-5-13(10-20)6-4-12/h2-7,20H,8-10H2,1H3,(H,18,21). The highest BCUT2D eigenvalue weighted by Gasteiger charge is 2.11. The Morgan fingerprint density at radius 3 is 2.52 bits per heavy atom. The fourth-order valence-electron chi connectivity index (χ4n) is 1.91. The molecule has 0 fully saturated rings. The Morgan fingerprint density at radius 2 is 1.86 bits per heavy atom. The second-order valence-corrected chi connectivity index (χ2v) is 5.62. The fraction of sp³-hybridized carbons (Fsp3) is 0.250. The van der Waals surface area contributed by atoms with Gasteiger partial charge in [-0.2, -0.15) is 0 Å². The van der Waals surface area contributed by atoms with Crippen LogP contribution in [0.2, 0.25) is 0 Å². The lowest BCUT2D eigenvalue weighted by Gasteiger charge is -2.07. The van der Waals surface area contributed by atoms with Gasteiger partial charge in [0.25, 0.3) is 5.91 Å². The van der Waals surface area contributed by atoms with Crippen molar-refractivity contribution < 1.29 is 9.90 Å². The van der Waals surface area contributed by atoms with Crippen LogP contribution in [0, 0.1) is 6.92 Å². The van der Waals surface area contributed by atoms with Crippen LogP contribution in [-0.2, 0) is 13.0 Å². The van der Waals surface area contributed by atoms with Gasteiger partial charge in [-0.25, -0.2) is 4.98 Å². The lowest BCUT2D eigenvalue weighted by atomic mass is 10.1. The summed E-state index contributed by atoms with van der Waals surface area (Å²) >= 11 is 3.34. The molecule has 2 aromatic rings. The van der Waals surface area contributed by atoms with E-state index in [0.717, 1.165) is 23.2 Å². The Morgan fingerprint density at radius 1 is 1.19 bits per heavy atom. The number of aliphatic hydroxyl groups excluding tert-OH is 1. The number of carbonyl (C=O) groups excluding carboxylic acids is 1. The summed E-state index contributed by atoms with van der Waals surface area (Å²) in [5.74, 6) is -0.183. The number of hydrogen-bond acceptors (Lipinski definition) is 3. The fourth-order valence-corrected chi connectivity index (χ4v) is 2.32. The average Bonchev–Trinajstić information content (AvgIpc) is 2.50. The van der Waals surface area contributed by atoms with Gasteiger partial charge >= 0.3 is 0 Å². The molecule has 1 aromatic heterocycles. The molecule has 0 saturated heterocycles. The van der Waals surface area contributed by atoms with E-state index in [1.165, 1.54) is 0 Å². The smallest absolute Gasteiger partial charge is 0.271 e. The summed E-state index contributed by atoms with van der Waals surface area (Å²) in [4.78, 5) is 16.3. The summed E-state index contributed by atoms with van der Waals surface area (Å²) in [5.41, 5.74) is 3.22. The number of carbonyl (C=O) groups is 1. The molecule has 0 aliphatic carbocycles. The van der Waals surface area contributed by atoms with Crippen molar-refractivity contribution in [1.82, 2.24) is 10.3 Å². The summed E-state index contributed by atoms with van der Waals surface area (Å²) in [6.07, 6.45) is 0.737. The third-order valence-electron chi connectivity index (χ3n) is 3.11. The third-order valence-corrected chi connectivity index (χ3v) is 3.74. The highest BCUT2D eigenvalue weighted by molar-refractivity contribution is 9.10. The largest absolute Gasteiger partial charge is 0.392 e. The van der Waals surface area contributed by atoms with E-state index in [0.29, 0.717) is 16.7 Å². The van der Waals surface area contributed by atoms with Gasteiger partial charge in [-0.1, -0.05) is 24.3 Å². The molecule has 110 valence electrons. The zero-order valence-corrected chi connectivity index (χ0v) is 13.4. The van der Waals surface area contributed by atoms with Crippen LogP contribution in [-0.4, -0.2) is 22.5 Å². The van der Waals surface area contributed by atoms with Crippen LogP contribution in [0.1, 0.15) is 27.3 Å². The van der Waals surface area contributed by atoms with Crippen LogP contribution >= 0.6 is 15.9 Å². The summed E-state index contributed by atoms with van der Waals surface area (Å²) < 4.78 is 0.692. The molecular weight excluding hydrogens is 332 g/mol. The minimum atomic E-state index is -0.183. The van der Waals surface area contributed by atoms with Crippen LogP contribution in [0.15, 0.2) is 40.9 Å². The van der Waals surface area contributed by atoms with Crippen molar-refractivity contribution in [3.8, 4) is 0 Å². The maximum atomic E-state index is 12.1. The number of rotatable bonds is 5. The monoisotopic (exact) mass is 348 g/mol. The maximum absolute atomic E-state index is 12.1. The van der Waals surface area contributed by atoms with Crippen molar-refractivity contribution >= 4 is 21.8 Å². The van der Waals surface area contributed by atoms with Crippen LogP contribution in [0.4, 0.5) is 0 Å². The highest BCUT2D eigenvalue weighted by atomic mass is 79.9. The minimum absolute atomic E-state index is 0.0457. The topological polar surface area (TPSA) is 62.2 Å². The quantitative estimate of drug-likeness (QED) is 0.872. The molecule has 0 aliphatic heterocycles. The van der Waals surface area contributed by atoms with Gasteiger partial charge in [0.1, 0.15) is 5.69 Å². The van der Waals surface area contributed by atoms with Crippen molar-refractivity contribution in [2.24, 2.45) is 0 Å². The number of halogens is 1. The van der Waals surface area contributed by atoms with Crippen LogP contribution in [0.25, 0.3) is 0 Å². The van der Waals surface area contributed by atoms with E-state index in [1.54, 1.807) is 0 Å². The van der Waals surface area contributed by atoms with E-state index in [9.17, 15) is 4.79 Å². The van der Waals surface area contributed by atoms with Gasteiger partial charge in [-0.15, -0.1) is 0 Å². The zero-order valence-electron chi connectivity index (χ0n) is 11.8. The molecule has 0 atom stereocenters. The Hall–Kier alpha value is -1.72. The molecule has 4 nitrogen and oxygen atoms in total. The molecule has 0 spiro atoms. The van der Waals surface area contributed by atoms with Gasteiger partial charge in [0.15, 0.2) is 0 Å². The second-order valence-electron chi connectivity index (χ2n) is 4.76. The molecular formula is C16H17BrN2O2. The van der Waals surface area contributed by atoms with E-state index < -0.39 is 0 Å². The van der Waals surface area contributed by atoms with Gasteiger partial charge in [-0.05, 0) is 52.5 Å². The number of benzene rings is 1. The summed E-state index contributed by atoms with van der Waals surface area (Å²) in [7, 11) is 0. The molecule has 1 aromatic carbocycles. The molecule has 0 aliphatic rings. The van der Waals surface area contributed by atoms with E-state index in [1.807, 2.05) is 43.3 Å². The number of nitrogens with one attached hydrogen (secondary N) is 1. The summed E-state index contributed by atoms with van der Waals surface area (Å²) in [6.45, 7) is 2.44. The van der Waals surface area contributed by atoms with Gasteiger partial charge in [-0.3, -0.25) is 4.79 Å². The molecule has 2 N–H and O–H groups in total. The van der Waals surface area contributed by atoms with Crippen molar-refractivity contribution in [2.75, 3.05) is 6.54 Å². The first-order valence-corrected chi connectivity index (χ1v) is 7.49. The Kier molecular flexibility index (Phi) is 5.47. The Bertz CT molecular complexity index is 627. The number of pyridine rings is 1. The lowest BCUT2D eigenvalue weighted by molar-refractivity contribution is 0.0948. The molecule has 0 radical (unpaired) electrons. The van der Waals surface area contributed by atoms with Crippen molar-refractivity contribution in [1.29, 1.82) is 0 Å². The highest BCUT2D eigenvalue weighted by Crippen LogP contribution is 2.14. The normalized spacial score (nSPS) is 10.4. The number of aliphatic hydroxyl groups is 1. The number of aryl methyl sites for hydroxylation is 1. The molecule has 0 saturated carbocycles. The first-order chi connectivity index (χ1) is 10.1. The van der Waals surface area contributed by atoms with E-state index >= 15 is 0 Å². The second kappa shape index (κ2) is 7.33. The number of amides is 1. The lowest BCUT2D eigenvalue weighted by Crippen LogP contribution is -2.27. The SMILES string of the molecule is Cc1ccc(Br)c(C(=O)NCCc2ccc(CO)cc2)n1. The molecule has 1 amide bonds. The first kappa shape index (κ1) is 15.7. The number of hydrogen-bond donors (Lipinski definition) is 2. The third kappa shape index (κ3) is 4.37. The van der Waals surface area contributed by atoms with Crippen LogP contribution < -0.4 is 5.32 Å². The predicted molar refractivity (Wildman–Crippen MR) is 85.1 cm³/mol.